The summed E-state index contributed by atoms with van der Waals surface area (Å²) in [5.74, 6) is 3.25. The summed E-state index contributed by atoms with van der Waals surface area (Å²) in [6.07, 6.45) is 1.43. The normalized spacial score (nSPS) is 14.8. The Balaban J connectivity index is 1.37. The molecule has 2 aliphatic rings. The van der Waals surface area contributed by atoms with Gasteiger partial charge in [0.25, 0.3) is 5.91 Å². The van der Waals surface area contributed by atoms with Crippen LogP contribution in [0.4, 0.5) is 0 Å². The molecule has 1 aromatic heterocycles. The second-order valence-corrected chi connectivity index (χ2v) is 8.54. The van der Waals surface area contributed by atoms with Gasteiger partial charge in [-0.1, -0.05) is 6.07 Å². The Morgan fingerprint density at radius 2 is 1.83 bits per heavy atom. The van der Waals surface area contributed by atoms with E-state index in [1.807, 2.05) is 36.4 Å². The molecule has 2 aliphatic heterocycles. The zero-order valence-electron chi connectivity index (χ0n) is 20.4. The standard InChI is InChI=1S/C26H29N3O7/c1-31-20-4-6-22(32-2)19(12-20)14-28(13-18-3-5-23-24(11-18)36-17-35-23)15-25-27-21(16-34-25)26(30)29-7-9-33-10-8-29/h3-6,11-12,16H,7-10,13-15,17H2,1-2H3. The molecule has 0 aliphatic carbocycles. The molecule has 10 nitrogen and oxygen atoms in total. The van der Waals surface area contributed by atoms with E-state index in [0.29, 0.717) is 57.5 Å². The van der Waals surface area contributed by atoms with Crippen molar-refractivity contribution in [3.8, 4) is 23.0 Å². The summed E-state index contributed by atoms with van der Waals surface area (Å²) in [5.41, 5.74) is 2.29. The molecule has 0 saturated carbocycles. The highest BCUT2D eigenvalue weighted by Gasteiger charge is 2.23. The molecule has 1 fully saturated rings. The van der Waals surface area contributed by atoms with Crippen LogP contribution < -0.4 is 18.9 Å². The Kier molecular flexibility index (Phi) is 7.24. The average Bonchev–Trinajstić information content (AvgIpc) is 3.58. The van der Waals surface area contributed by atoms with E-state index in [0.717, 1.165) is 34.1 Å². The molecule has 0 spiro atoms. The minimum atomic E-state index is -0.148. The quantitative estimate of drug-likeness (QED) is 0.444. The topological polar surface area (TPSA) is 95.7 Å². The zero-order valence-corrected chi connectivity index (χ0v) is 20.4. The van der Waals surface area contributed by atoms with E-state index in [-0.39, 0.29) is 12.7 Å². The third kappa shape index (κ3) is 5.39. The van der Waals surface area contributed by atoms with Crippen LogP contribution in [0.1, 0.15) is 27.5 Å². The van der Waals surface area contributed by atoms with Crippen LogP contribution in [-0.2, 0) is 24.4 Å². The zero-order chi connectivity index (χ0) is 24.9. The molecule has 1 saturated heterocycles. The van der Waals surface area contributed by atoms with Gasteiger partial charge in [0.1, 0.15) is 17.8 Å². The number of morpholine rings is 1. The molecule has 0 atom stereocenters. The number of amides is 1. The third-order valence-electron chi connectivity index (χ3n) is 6.15. The van der Waals surface area contributed by atoms with Gasteiger partial charge in [0.15, 0.2) is 17.2 Å². The number of carbonyl (C=O) groups excluding carboxylic acids is 1. The first-order valence-electron chi connectivity index (χ1n) is 11.8. The molecule has 0 radical (unpaired) electrons. The Morgan fingerprint density at radius 3 is 2.64 bits per heavy atom. The van der Waals surface area contributed by atoms with Gasteiger partial charge < -0.3 is 33.0 Å². The van der Waals surface area contributed by atoms with Gasteiger partial charge in [-0.05, 0) is 35.9 Å². The van der Waals surface area contributed by atoms with Crippen molar-refractivity contribution in [2.75, 3.05) is 47.3 Å². The van der Waals surface area contributed by atoms with Crippen LogP contribution in [0.25, 0.3) is 0 Å². The van der Waals surface area contributed by atoms with E-state index in [4.69, 9.17) is 28.1 Å². The van der Waals surface area contributed by atoms with Crippen molar-refractivity contribution in [2.24, 2.45) is 0 Å². The van der Waals surface area contributed by atoms with E-state index < -0.39 is 0 Å². The van der Waals surface area contributed by atoms with Gasteiger partial charge in [0, 0.05) is 31.7 Å². The smallest absolute Gasteiger partial charge is 0.275 e. The maximum Gasteiger partial charge on any atom is 0.275 e. The van der Waals surface area contributed by atoms with Crippen LogP contribution in [0.2, 0.25) is 0 Å². The molecule has 36 heavy (non-hydrogen) atoms. The molecule has 0 bridgehead atoms. The Labute approximate surface area is 209 Å². The summed E-state index contributed by atoms with van der Waals surface area (Å²) in [5, 5.41) is 0. The van der Waals surface area contributed by atoms with Crippen molar-refractivity contribution < 1.29 is 32.9 Å². The summed E-state index contributed by atoms with van der Waals surface area (Å²) < 4.78 is 33.1. The molecule has 1 amide bonds. The van der Waals surface area contributed by atoms with Gasteiger partial charge in [0.2, 0.25) is 12.7 Å². The predicted molar refractivity (Wildman–Crippen MR) is 128 cm³/mol. The van der Waals surface area contributed by atoms with E-state index in [1.165, 1.54) is 6.26 Å². The molecule has 2 aromatic carbocycles. The second-order valence-electron chi connectivity index (χ2n) is 8.54. The number of hydrogen-bond donors (Lipinski definition) is 0. The van der Waals surface area contributed by atoms with Crippen molar-refractivity contribution in [1.29, 1.82) is 0 Å². The first-order chi connectivity index (χ1) is 17.6. The molecule has 190 valence electrons. The van der Waals surface area contributed by atoms with Crippen molar-refractivity contribution in [1.82, 2.24) is 14.8 Å². The van der Waals surface area contributed by atoms with Crippen LogP contribution in [-0.4, -0.2) is 68.0 Å². The predicted octanol–water partition coefficient (Wildman–Crippen LogP) is 3.10. The van der Waals surface area contributed by atoms with Crippen LogP contribution in [0.15, 0.2) is 47.1 Å². The average molecular weight is 496 g/mol. The highest BCUT2D eigenvalue weighted by atomic mass is 16.7. The Morgan fingerprint density at radius 1 is 1.00 bits per heavy atom. The molecular formula is C26H29N3O7. The molecule has 0 unspecified atom stereocenters. The number of nitrogens with zero attached hydrogens (tertiary/aromatic N) is 3. The van der Waals surface area contributed by atoms with Gasteiger partial charge in [-0.2, -0.15) is 0 Å². The van der Waals surface area contributed by atoms with Gasteiger partial charge in [-0.15, -0.1) is 0 Å². The van der Waals surface area contributed by atoms with Crippen molar-refractivity contribution in [2.45, 2.75) is 19.6 Å². The number of carbonyl (C=O) groups is 1. The highest BCUT2D eigenvalue weighted by molar-refractivity contribution is 5.92. The van der Waals surface area contributed by atoms with Gasteiger partial charge in [0.05, 0.1) is 34.0 Å². The molecular weight excluding hydrogens is 466 g/mol. The minimum absolute atomic E-state index is 0.148. The summed E-state index contributed by atoms with van der Waals surface area (Å²) in [6, 6.07) is 11.6. The third-order valence-corrected chi connectivity index (χ3v) is 6.15. The van der Waals surface area contributed by atoms with E-state index in [2.05, 4.69) is 9.88 Å². The summed E-state index contributed by atoms with van der Waals surface area (Å²) >= 11 is 0. The largest absolute Gasteiger partial charge is 0.497 e. The number of fused-ring (bicyclic) bond motifs is 1. The Bertz CT molecular complexity index is 1210. The maximum absolute atomic E-state index is 12.8. The summed E-state index contributed by atoms with van der Waals surface area (Å²) in [7, 11) is 3.28. The number of benzene rings is 2. The fourth-order valence-corrected chi connectivity index (χ4v) is 4.31. The SMILES string of the molecule is COc1ccc(OC)c(CN(Cc2ccc3c(c2)OCO3)Cc2nc(C(=O)N3CCOCC3)co2)c1. The fraction of sp³-hybridized carbons (Fsp3) is 0.385. The number of ether oxygens (including phenoxy) is 5. The number of rotatable bonds is 9. The molecule has 5 rings (SSSR count). The van der Waals surface area contributed by atoms with E-state index >= 15 is 0 Å². The number of methoxy groups -OCH3 is 2. The second kappa shape index (κ2) is 10.9. The number of aromatic nitrogens is 1. The van der Waals surface area contributed by atoms with Gasteiger partial charge in [-0.3, -0.25) is 9.69 Å². The van der Waals surface area contributed by atoms with Gasteiger partial charge >= 0.3 is 0 Å². The first-order valence-corrected chi connectivity index (χ1v) is 11.8. The molecule has 3 heterocycles. The summed E-state index contributed by atoms with van der Waals surface area (Å²) in [6.45, 7) is 3.87. The van der Waals surface area contributed by atoms with Crippen LogP contribution in [0.3, 0.4) is 0 Å². The van der Waals surface area contributed by atoms with Crippen LogP contribution in [0.5, 0.6) is 23.0 Å². The van der Waals surface area contributed by atoms with Crippen molar-refractivity contribution in [3.05, 3.63) is 65.4 Å². The van der Waals surface area contributed by atoms with Gasteiger partial charge in [-0.25, -0.2) is 4.98 Å². The van der Waals surface area contributed by atoms with Crippen LogP contribution in [0, 0.1) is 0 Å². The van der Waals surface area contributed by atoms with Crippen molar-refractivity contribution in [3.63, 3.8) is 0 Å². The molecule has 10 heteroatoms. The Hall–Kier alpha value is -3.76. The maximum atomic E-state index is 12.8. The molecule has 3 aromatic rings. The lowest BCUT2D eigenvalue weighted by atomic mass is 10.1. The highest BCUT2D eigenvalue weighted by Crippen LogP contribution is 2.33. The van der Waals surface area contributed by atoms with E-state index in [9.17, 15) is 4.79 Å². The lowest BCUT2D eigenvalue weighted by Gasteiger charge is -2.25. The first kappa shape index (κ1) is 24.0. The van der Waals surface area contributed by atoms with E-state index in [1.54, 1.807) is 19.1 Å². The monoisotopic (exact) mass is 495 g/mol. The minimum Gasteiger partial charge on any atom is -0.497 e. The summed E-state index contributed by atoms with van der Waals surface area (Å²) in [4.78, 5) is 21.2. The molecule has 0 N–H and O–H groups in total. The van der Waals surface area contributed by atoms with Crippen molar-refractivity contribution >= 4 is 5.91 Å². The number of hydrogen-bond acceptors (Lipinski definition) is 9. The lowest BCUT2D eigenvalue weighted by Crippen LogP contribution is -2.40. The number of oxazole rings is 1. The lowest BCUT2D eigenvalue weighted by molar-refractivity contribution is 0.0299. The van der Waals surface area contributed by atoms with Crippen LogP contribution >= 0.6 is 0 Å². The fourth-order valence-electron chi connectivity index (χ4n) is 4.31.